The minimum Gasteiger partial charge on any atom is -0.370 e. The van der Waals surface area contributed by atoms with Crippen molar-refractivity contribution in [2.75, 3.05) is 6.54 Å². The van der Waals surface area contributed by atoms with Crippen molar-refractivity contribution in [1.29, 1.82) is 0 Å². The first kappa shape index (κ1) is 15.2. The Bertz CT molecular complexity index is 536. The molecule has 0 radical (unpaired) electrons. The van der Waals surface area contributed by atoms with E-state index in [0.717, 1.165) is 19.3 Å². The predicted molar refractivity (Wildman–Crippen MR) is 81.6 cm³/mol. The molecule has 1 aliphatic heterocycles. The van der Waals surface area contributed by atoms with E-state index in [9.17, 15) is 14.0 Å². The number of nitrogens with zero attached hydrogens (tertiary/aromatic N) is 1. The van der Waals surface area contributed by atoms with Crippen LogP contribution in [0.3, 0.4) is 0 Å². The van der Waals surface area contributed by atoms with Crippen LogP contribution < -0.4 is 5.73 Å². The summed E-state index contributed by atoms with van der Waals surface area (Å²) in [5, 5.41) is 0. The molecule has 1 saturated heterocycles. The fourth-order valence-corrected chi connectivity index (χ4v) is 3.24. The molecule has 20 heavy (non-hydrogen) atoms. The lowest BCUT2D eigenvalue weighted by Crippen LogP contribution is -2.45. The van der Waals surface area contributed by atoms with E-state index < -0.39 is 5.91 Å². The summed E-state index contributed by atoms with van der Waals surface area (Å²) in [4.78, 5) is 25.4. The van der Waals surface area contributed by atoms with Crippen LogP contribution in [0.1, 0.15) is 36.0 Å². The minimum absolute atomic E-state index is 0.144. The number of piperidine rings is 1. The van der Waals surface area contributed by atoms with Gasteiger partial charge in [-0.1, -0.05) is 0 Å². The van der Waals surface area contributed by atoms with Crippen molar-refractivity contribution in [2.24, 2.45) is 5.73 Å². The number of nitrogens with two attached hydrogens (primary N) is 1. The van der Waals surface area contributed by atoms with E-state index in [0.29, 0.717) is 15.7 Å². The van der Waals surface area contributed by atoms with Crippen molar-refractivity contribution in [1.82, 2.24) is 4.90 Å². The molecular formula is C14H16FIN2O2. The van der Waals surface area contributed by atoms with Crippen LogP contribution in [0.5, 0.6) is 0 Å². The third-order valence-corrected chi connectivity index (χ3v) is 4.38. The standard InChI is InChI=1S/C14H16FIN2O2/c15-9-4-5-11(12(16)7-9)14(20)18-6-2-1-3-10(18)8-13(17)19/h4-5,7,10H,1-3,6,8H2,(H2,17,19). The summed E-state index contributed by atoms with van der Waals surface area (Å²) in [5.41, 5.74) is 5.72. The summed E-state index contributed by atoms with van der Waals surface area (Å²) in [6.07, 6.45) is 2.87. The van der Waals surface area contributed by atoms with Gasteiger partial charge >= 0.3 is 0 Å². The Kier molecular flexibility index (Phi) is 4.95. The summed E-state index contributed by atoms with van der Waals surface area (Å²) < 4.78 is 13.7. The van der Waals surface area contributed by atoms with Crippen LogP contribution in [0.2, 0.25) is 0 Å². The smallest absolute Gasteiger partial charge is 0.255 e. The van der Waals surface area contributed by atoms with Crippen molar-refractivity contribution < 1.29 is 14.0 Å². The molecule has 1 aromatic rings. The number of benzene rings is 1. The first-order chi connectivity index (χ1) is 9.49. The molecule has 6 heteroatoms. The predicted octanol–water partition coefficient (Wildman–Crippen LogP) is 2.30. The molecule has 0 saturated carbocycles. The highest BCUT2D eigenvalue weighted by Gasteiger charge is 2.29. The zero-order valence-corrected chi connectivity index (χ0v) is 13.1. The van der Waals surface area contributed by atoms with Gasteiger partial charge in [0.2, 0.25) is 5.91 Å². The van der Waals surface area contributed by atoms with E-state index in [4.69, 9.17) is 5.73 Å². The Balaban J connectivity index is 2.22. The lowest BCUT2D eigenvalue weighted by atomic mass is 9.98. The monoisotopic (exact) mass is 390 g/mol. The van der Waals surface area contributed by atoms with Crippen LogP contribution in [-0.4, -0.2) is 29.3 Å². The molecule has 0 bridgehead atoms. The highest BCUT2D eigenvalue weighted by atomic mass is 127. The summed E-state index contributed by atoms with van der Waals surface area (Å²) in [5.74, 6) is -0.915. The van der Waals surface area contributed by atoms with Gasteiger partial charge in [0.1, 0.15) is 5.82 Å². The molecule has 1 aliphatic rings. The number of amides is 2. The maximum atomic E-state index is 13.1. The second-order valence-corrected chi connectivity index (χ2v) is 6.10. The third kappa shape index (κ3) is 3.47. The number of halogens is 2. The highest BCUT2D eigenvalue weighted by Crippen LogP contribution is 2.24. The quantitative estimate of drug-likeness (QED) is 0.806. The Labute approximate surface area is 130 Å². The molecule has 0 aromatic heterocycles. The SMILES string of the molecule is NC(=O)CC1CCCCN1C(=O)c1ccc(F)cc1I. The third-order valence-electron chi connectivity index (χ3n) is 3.49. The van der Waals surface area contributed by atoms with E-state index in [1.807, 2.05) is 22.6 Å². The van der Waals surface area contributed by atoms with Crippen LogP contribution >= 0.6 is 22.6 Å². The van der Waals surface area contributed by atoms with E-state index >= 15 is 0 Å². The number of rotatable bonds is 3. The van der Waals surface area contributed by atoms with Crippen molar-refractivity contribution >= 4 is 34.4 Å². The van der Waals surface area contributed by atoms with Crippen molar-refractivity contribution in [3.8, 4) is 0 Å². The molecular weight excluding hydrogens is 374 g/mol. The van der Waals surface area contributed by atoms with Crippen molar-refractivity contribution in [3.05, 3.63) is 33.1 Å². The van der Waals surface area contributed by atoms with E-state index in [1.165, 1.54) is 18.2 Å². The fourth-order valence-electron chi connectivity index (χ4n) is 2.53. The normalized spacial score (nSPS) is 18.9. The van der Waals surface area contributed by atoms with Crippen LogP contribution in [0.4, 0.5) is 4.39 Å². The van der Waals surface area contributed by atoms with Crippen LogP contribution in [0.25, 0.3) is 0 Å². The second-order valence-electron chi connectivity index (χ2n) is 4.94. The molecule has 2 amide bonds. The Hall–Kier alpha value is -1.18. The summed E-state index contributed by atoms with van der Waals surface area (Å²) in [7, 11) is 0. The number of carbonyl (C=O) groups is 2. The first-order valence-corrected chi connectivity index (χ1v) is 7.61. The molecule has 1 heterocycles. The highest BCUT2D eigenvalue weighted by molar-refractivity contribution is 14.1. The summed E-state index contributed by atoms with van der Waals surface area (Å²) in [6.45, 7) is 0.615. The molecule has 4 nitrogen and oxygen atoms in total. The molecule has 1 atom stereocenters. The lowest BCUT2D eigenvalue weighted by Gasteiger charge is -2.35. The van der Waals surface area contributed by atoms with Gasteiger partial charge in [-0.2, -0.15) is 0 Å². The average Bonchev–Trinajstić information content (AvgIpc) is 2.38. The fraction of sp³-hybridized carbons (Fsp3) is 0.429. The van der Waals surface area contributed by atoms with Gasteiger partial charge in [0.15, 0.2) is 0 Å². The van der Waals surface area contributed by atoms with Gasteiger partial charge in [0, 0.05) is 22.6 Å². The average molecular weight is 390 g/mol. The first-order valence-electron chi connectivity index (χ1n) is 6.53. The number of hydrogen-bond donors (Lipinski definition) is 1. The van der Waals surface area contributed by atoms with Gasteiger partial charge in [-0.15, -0.1) is 0 Å². The van der Waals surface area contributed by atoms with E-state index in [-0.39, 0.29) is 24.2 Å². The van der Waals surface area contributed by atoms with E-state index in [1.54, 1.807) is 4.90 Å². The Morgan fingerprint density at radius 2 is 2.15 bits per heavy atom. The van der Waals surface area contributed by atoms with Gasteiger partial charge in [-0.25, -0.2) is 4.39 Å². The van der Waals surface area contributed by atoms with Crippen LogP contribution in [0.15, 0.2) is 18.2 Å². The number of carbonyl (C=O) groups excluding carboxylic acids is 2. The molecule has 1 unspecified atom stereocenters. The Morgan fingerprint density at radius 1 is 1.40 bits per heavy atom. The lowest BCUT2D eigenvalue weighted by molar-refractivity contribution is -0.119. The number of primary amides is 1. The molecule has 2 N–H and O–H groups in total. The largest absolute Gasteiger partial charge is 0.370 e. The molecule has 1 fully saturated rings. The molecule has 2 rings (SSSR count). The van der Waals surface area contributed by atoms with Crippen LogP contribution in [-0.2, 0) is 4.79 Å². The summed E-state index contributed by atoms with van der Waals surface area (Å²) >= 11 is 1.95. The zero-order valence-electron chi connectivity index (χ0n) is 10.9. The van der Waals surface area contributed by atoms with Crippen molar-refractivity contribution in [3.63, 3.8) is 0 Å². The Morgan fingerprint density at radius 3 is 2.80 bits per heavy atom. The zero-order chi connectivity index (χ0) is 14.7. The maximum Gasteiger partial charge on any atom is 0.255 e. The van der Waals surface area contributed by atoms with Crippen LogP contribution in [0, 0.1) is 9.39 Å². The van der Waals surface area contributed by atoms with Gasteiger partial charge in [-0.3, -0.25) is 9.59 Å². The molecule has 0 aliphatic carbocycles. The minimum atomic E-state index is -0.400. The molecule has 0 spiro atoms. The summed E-state index contributed by atoms with van der Waals surface area (Å²) in [6, 6.07) is 3.97. The molecule has 1 aromatic carbocycles. The second kappa shape index (κ2) is 6.51. The topological polar surface area (TPSA) is 63.4 Å². The van der Waals surface area contributed by atoms with E-state index in [2.05, 4.69) is 0 Å². The van der Waals surface area contributed by atoms with Gasteiger partial charge in [0.25, 0.3) is 5.91 Å². The van der Waals surface area contributed by atoms with Gasteiger partial charge < -0.3 is 10.6 Å². The number of hydrogen-bond acceptors (Lipinski definition) is 2. The molecule has 108 valence electrons. The maximum absolute atomic E-state index is 13.1. The van der Waals surface area contributed by atoms with Crippen molar-refractivity contribution in [2.45, 2.75) is 31.7 Å². The van der Waals surface area contributed by atoms with Gasteiger partial charge in [0.05, 0.1) is 5.56 Å². The number of likely N-dealkylation sites (tertiary alicyclic amines) is 1. The van der Waals surface area contributed by atoms with Gasteiger partial charge in [-0.05, 0) is 60.1 Å².